The van der Waals surface area contributed by atoms with Crippen molar-refractivity contribution in [1.29, 1.82) is 0 Å². The van der Waals surface area contributed by atoms with Gasteiger partial charge in [0.05, 0.1) is 0 Å². The Kier molecular flexibility index (Phi) is 9.42. The van der Waals surface area contributed by atoms with E-state index in [9.17, 15) is 0 Å². The van der Waals surface area contributed by atoms with Crippen LogP contribution in [0, 0.1) is 0 Å². The molecule has 0 bridgehead atoms. The molecular formula is C6H14CuIN2. The second-order valence-corrected chi connectivity index (χ2v) is 2.61. The van der Waals surface area contributed by atoms with Crippen LogP contribution in [0.2, 0.25) is 0 Å². The maximum Gasteiger partial charge on any atom is 1.00 e. The smallest absolute Gasteiger partial charge is 1.00 e. The van der Waals surface area contributed by atoms with Crippen LogP contribution in [-0.4, -0.2) is 12.1 Å². The fourth-order valence-electron chi connectivity index (χ4n) is 1.19. The summed E-state index contributed by atoms with van der Waals surface area (Å²) in [6.07, 6.45) is 4.80. The first-order valence-electron chi connectivity index (χ1n) is 3.32. The molecule has 1 aliphatic carbocycles. The summed E-state index contributed by atoms with van der Waals surface area (Å²) in [5.74, 6) is 0. The Labute approximate surface area is 90.0 Å². The summed E-state index contributed by atoms with van der Waals surface area (Å²) >= 11 is 0. The number of rotatable bonds is 0. The van der Waals surface area contributed by atoms with E-state index in [1.54, 1.807) is 0 Å². The molecule has 1 saturated carbocycles. The summed E-state index contributed by atoms with van der Waals surface area (Å²) in [6, 6.07) is 0.562. The van der Waals surface area contributed by atoms with Gasteiger partial charge in [-0.3, -0.25) is 0 Å². The van der Waals surface area contributed by atoms with Gasteiger partial charge in [-0.25, -0.2) is 0 Å². The largest absolute Gasteiger partial charge is 1.00 e. The summed E-state index contributed by atoms with van der Waals surface area (Å²) < 4.78 is 0. The normalized spacial score (nSPS) is 31.8. The van der Waals surface area contributed by atoms with E-state index in [0.29, 0.717) is 0 Å². The van der Waals surface area contributed by atoms with Crippen molar-refractivity contribution in [1.82, 2.24) is 0 Å². The van der Waals surface area contributed by atoms with Gasteiger partial charge < -0.3 is 35.4 Å². The van der Waals surface area contributed by atoms with Crippen LogP contribution in [0.25, 0.3) is 0 Å². The third-order valence-corrected chi connectivity index (χ3v) is 1.87. The monoisotopic (exact) mass is 304 g/mol. The Hall–Kier alpha value is 1.17. The van der Waals surface area contributed by atoms with Gasteiger partial charge in [-0.15, -0.1) is 0 Å². The molecule has 2 unspecified atom stereocenters. The van der Waals surface area contributed by atoms with Crippen LogP contribution >= 0.6 is 0 Å². The van der Waals surface area contributed by atoms with Crippen molar-refractivity contribution in [3.63, 3.8) is 0 Å². The number of hydrogen-bond donors (Lipinski definition) is 2. The van der Waals surface area contributed by atoms with Gasteiger partial charge in [0.1, 0.15) is 0 Å². The average molecular weight is 305 g/mol. The van der Waals surface area contributed by atoms with Gasteiger partial charge in [-0.1, -0.05) is 12.8 Å². The molecule has 0 aliphatic heterocycles. The van der Waals surface area contributed by atoms with Crippen molar-refractivity contribution < 1.29 is 41.0 Å². The molecule has 66 valence electrons. The molecule has 1 fully saturated rings. The molecule has 0 aromatic rings. The molecule has 0 amide bonds. The number of halogens is 1. The molecule has 4 N–H and O–H groups in total. The Bertz CT molecular complexity index is 72.1. The summed E-state index contributed by atoms with van der Waals surface area (Å²) in [4.78, 5) is 0. The molecule has 0 radical (unpaired) electrons. The summed E-state index contributed by atoms with van der Waals surface area (Å²) in [5.41, 5.74) is 11.3. The molecule has 10 heavy (non-hydrogen) atoms. The predicted octanol–water partition coefficient (Wildman–Crippen LogP) is -2.78. The van der Waals surface area contributed by atoms with E-state index in [4.69, 9.17) is 11.5 Å². The zero-order chi connectivity index (χ0) is 5.98. The predicted molar refractivity (Wildman–Crippen MR) is 34.4 cm³/mol. The summed E-state index contributed by atoms with van der Waals surface area (Å²) in [5, 5.41) is 0. The molecule has 4 heteroatoms. The minimum absolute atomic E-state index is 0. The molecule has 0 heterocycles. The number of nitrogens with two attached hydrogens (primary N) is 2. The molecule has 1 rings (SSSR count). The first-order valence-corrected chi connectivity index (χ1v) is 3.32. The SMILES string of the molecule is NC1CCCCC1N.[Cu+].[I-]. The fourth-order valence-corrected chi connectivity index (χ4v) is 1.19. The molecule has 0 aromatic heterocycles. The van der Waals surface area contributed by atoms with Crippen molar-refractivity contribution in [3.05, 3.63) is 0 Å². The van der Waals surface area contributed by atoms with Crippen LogP contribution in [0.5, 0.6) is 0 Å². The van der Waals surface area contributed by atoms with Crippen molar-refractivity contribution in [2.24, 2.45) is 11.5 Å². The van der Waals surface area contributed by atoms with Crippen LogP contribution in [0.1, 0.15) is 25.7 Å². The molecule has 2 nitrogen and oxygen atoms in total. The van der Waals surface area contributed by atoms with Crippen LogP contribution in [-0.2, 0) is 17.1 Å². The van der Waals surface area contributed by atoms with E-state index in [1.807, 2.05) is 0 Å². The maximum atomic E-state index is 5.65. The minimum Gasteiger partial charge on any atom is -1.00 e. The molecule has 0 saturated heterocycles. The van der Waals surface area contributed by atoms with Gasteiger partial charge in [0.15, 0.2) is 0 Å². The second kappa shape index (κ2) is 6.85. The van der Waals surface area contributed by atoms with Gasteiger partial charge in [0.2, 0.25) is 0 Å². The zero-order valence-electron chi connectivity index (χ0n) is 5.82. The molecule has 1 aliphatic rings. The van der Waals surface area contributed by atoms with Crippen molar-refractivity contribution in [2.45, 2.75) is 37.8 Å². The van der Waals surface area contributed by atoms with Crippen LogP contribution < -0.4 is 35.4 Å². The van der Waals surface area contributed by atoms with Gasteiger partial charge in [0, 0.05) is 12.1 Å². The summed E-state index contributed by atoms with van der Waals surface area (Å²) in [7, 11) is 0. The van der Waals surface area contributed by atoms with Gasteiger partial charge in [-0.2, -0.15) is 0 Å². The van der Waals surface area contributed by atoms with Gasteiger partial charge in [0.25, 0.3) is 0 Å². The van der Waals surface area contributed by atoms with Crippen LogP contribution in [0.4, 0.5) is 0 Å². The fraction of sp³-hybridized carbons (Fsp3) is 1.00. The average Bonchev–Trinajstić information content (AvgIpc) is 1.77. The van der Waals surface area contributed by atoms with Crippen LogP contribution in [0.15, 0.2) is 0 Å². The van der Waals surface area contributed by atoms with Crippen LogP contribution in [0.3, 0.4) is 0 Å². The Morgan fingerprint density at radius 3 is 1.40 bits per heavy atom. The Morgan fingerprint density at radius 1 is 0.900 bits per heavy atom. The van der Waals surface area contributed by atoms with E-state index >= 15 is 0 Å². The third kappa shape index (κ3) is 4.13. The molecule has 2 atom stereocenters. The molecule has 0 spiro atoms. The Morgan fingerprint density at radius 2 is 1.20 bits per heavy atom. The van der Waals surface area contributed by atoms with E-state index in [0.717, 1.165) is 12.8 Å². The zero-order valence-corrected chi connectivity index (χ0v) is 8.92. The van der Waals surface area contributed by atoms with E-state index in [-0.39, 0.29) is 53.1 Å². The van der Waals surface area contributed by atoms with Gasteiger partial charge in [-0.05, 0) is 12.8 Å². The first-order chi connectivity index (χ1) is 3.80. The van der Waals surface area contributed by atoms with Crippen molar-refractivity contribution in [2.75, 3.05) is 0 Å². The van der Waals surface area contributed by atoms with E-state index in [1.165, 1.54) is 12.8 Å². The minimum atomic E-state index is 0. The topological polar surface area (TPSA) is 52.0 Å². The van der Waals surface area contributed by atoms with Crippen molar-refractivity contribution >= 4 is 0 Å². The molecule has 0 aromatic carbocycles. The quantitative estimate of drug-likeness (QED) is 0.376. The van der Waals surface area contributed by atoms with E-state index in [2.05, 4.69) is 0 Å². The number of hydrogen-bond acceptors (Lipinski definition) is 2. The Balaban J connectivity index is 0. The van der Waals surface area contributed by atoms with E-state index < -0.39 is 0 Å². The summed E-state index contributed by atoms with van der Waals surface area (Å²) in [6.45, 7) is 0. The molecular weight excluding hydrogens is 291 g/mol. The second-order valence-electron chi connectivity index (χ2n) is 2.61. The third-order valence-electron chi connectivity index (χ3n) is 1.87. The first kappa shape index (κ1) is 13.7. The standard InChI is InChI=1S/C6H14N2.Cu.HI/c7-5-3-1-2-4-6(5)8;;/h5-6H,1-4,7-8H2;;1H/q;+1;/p-1. The maximum absolute atomic E-state index is 5.65. The van der Waals surface area contributed by atoms with Gasteiger partial charge >= 0.3 is 17.1 Å². The van der Waals surface area contributed by atoms with Crippen molar-refractivity contribution in [3.8, 4) is 0 Å².